The summed E-state index contributed by atoms with van der Waals surface area (Å²) in [7, 11) is 0. The third-order valence-corrected chi connectivity index (χ3v) is 3.02. The average Bonchev–Trinajstić information content (AvgIpc) is 2.62. The Hall–Kier alpha value is -2.11. The van der Waals surface area contributed by atoms with E-state index < -0.39 is 11.3 Å². The maximum Gasteiger partial charge on any atom is 0.419 e. The fourth-order valence-corrected chi connectivity index (χ4v) is 1.70. The fourth-order valence-electron chi connectivity index (χ4n) is 1.70. The van der Waals surface area contributed by atoms with Crippen LogP contribution in [-0.4, -0.2) is 15.0 Å². The molecule has 1 aromatic heterocycles. The zero-order valence-corrected chi connectivity index (χ0v) is 10.3. The number of para-hydroxylation sites is 2. The molecule has 96 valence electrons. The minimum Gasteiger partial charge on any atom is -0.408 e. The van der Waals surface area contributed by atoms with E-state index in [4.69, 9.17) is 4.42 Å². The van der Waals surface area contributed by atoms with E-state index in [0.717, 1.165) is 0 Å². The van der Waals surface area contributed by atoms with E-state index >= 15 is 0 Å². The topological polar surface area (TPSA) is 78.3 Å². The Labute approximate surface area is 103 Å². The highest BCUT2D eigenvalue weighted by Crippen LogP contribution is 2.17. The molecular weight excluding hydrogens is 236 g/mol. The van der Waals surface area contributed by atoms with Gasteiger partial charge in [0.25, 0.3) is 0 Å². The Kier molecular flexibility index (Phi) is 2.94. The van der Waals surface area contributed by atoms with Crippen LogP contribution in [0.3, 0.4) is 0 Å². The van der Waals surface area contributed by atoms with Crippen LogP contribution in [0.25, 0.3) is 11.1 Å². The maximum atomic E-state index is 11.7. The second-order valence-electron chi connectivity index (χ2n) is 4.81. The Bertz CT molecular complexity index is 639. The van der Waals surface area contributed by atoms with Crippen molar-refractivity contribution in [2.75, 3.05) is 0 Å². The van der Waals surface area contributed by atoms with Crippen molar-refractivity contribution in [1.29, 1.82) is 0 Å². The molecule has 6 nitrogen and oxygen atoms in total. The van der Waals surface area contributed by atoms with Crippen LogP contribution >= 0.6 is 0 Å². The lowest BCUT2D eigenvalue weighted by Crippen LogP contribution is -2.33. The molecule has 0 N–H and O–H groups in total. The number of benzene rings is 1. The molecule has 0 unspecified atom stereocenters. The van der Waals surface area contributed by atoms with Gasteiger partial charge in [0.05, 0.1) is 5.52 Å². The van der Waals surface area contributed by atoms with Gasteiger partial charge in [-0.25, -0.2) is 4.79 Å². The van der Waals surface area contributed by atoms with Gasteiger partial charge in [-0.1, -0.05) is 12.1 Å². The maximum absolute atomic E-state index is 11.7. The van der Waals surface area contributed by atoms with Gasteiger partial charge in [-0.05, 0) is 12.1 Å². The minimum atomic E-state index is -1.06. The SMILES string of the molecule is CC(C)(CCn1c(=O)oc2ccccc21)[N+](=O)[O-]. The summed E-state index contributed by atoms with van der Waals surface area (Å²) in [6, 6.07) is 7.04. The van der Waals surface area contributed by atoms with Crippen LogP contribution in [0.4, 0.5) is 0 Å². The average molecular weight is 250 g/mol. The molecule has 6 heteroatoms. The molecule has 2 aromatic rings. The summed E-state index contributed by atoms with van der Waals surface area (Å²) in [4.78, 5) is 22.1. The van der Waals surface area contributed by atoms with Crippen LogP contribution in [0.1, 0.15) is 20.3 Å². The highest BCUT2D eigenvalue weighted by molar-refractivity contribution is 5.72. The molecule has 0 bridgehead atoms. The molecule has 0 fully saturated rings. The summed E-state index contributed by atoms with van der Waals surface area (Å²) in [5, 5.41) is 10.8. The molecule has 1 aromatic carbocycles. The second-order valence-corrected chi connectivity index (χ2v) is 4.81. The molecule has 18 heavy (non-hydrogen) atoms. The molecule has 0 saturated heterocycles. The molecule has 0 radical (unpaired) electrons. The predicted molar refractivity (Wildman–Crippen MR) is 66.2 cm³/mol. The number of aromatic nitrogens is 1. The second kappa shape index (κ2) is 4.29. The van der Waals surface area contributed by atoms with Crippen molar-refractivity contribution in [3.8, 4) is 0 Å². The summed E-state index contributed by atoms with van der Waals surface area (Å²) in [5.74, 6) is -0.477. The third kappa shape index (κ3) is 2.13. The van der Waals surface area contributed by atoms with Gasteiger partial charge in [0.15, 0.2) is 5.58 Å². The van der Waals surface area contributed by atoms with Gasteiger partial charge in [-0.2, -0.15) is 0 Å². The molecule has 0 spiro atoms. The highest BCUT2D eigenvalue weighted by Gasteiger charge is 2.30. The number of hydrogen-bond acceptors (Lipinski definition) is 4. The highest BCUT2D eigenvalue weighted by atomic mass is 16.6. The van der Waals surface area contributed by atoms with Crippen LogP contribution in [0.5, 0.6) is 0 Å². The number of oxazole rings is 1. The largest absolute Gasteiger partial charge is 0.419 e. The third-order valence-electron chi connectivity index (χ3n) is 3.02. The normalized spacial score (nSPS) is 11.9. The Morgan fingerprint density at radius 2 is 2.06 bits per heavy atom. The van der Waals surface area contributed by atoms with Crippen LogP contribution in [-0.2, 0) is 6.54 Å². The van der Waals surface area contributed by atoms with E-state index in [1.165, 1.54) is 4.57 Å². The minimum absolute atomic E-state index is 0.267. The predicted octanol–water partition coefficient (Wildman–Crippen LogP) is 2.04. The van der Waals surface area contributed by atoms with Gasteiger partial charge in [-0.3, -0.25) is 14.7 Å². The Morgan fingerprint density at radius 3 is 2.72 bits per heavy atom. The van der Waals surface area contributed by atoms with Crippen molar-refractivity contribution in [1.82, 2.24) is 4.57 Å². The van der Waals surface area contributed by atoms with E-state index in [9.17, 15) is 14.9 Å². The summed E-state index contributed by atoms with van der Waals surface area (Å²) in [6.45, 7) is 3.35. The molecule has 0 aliphatic rings. The first-order valence-corrected chi connectivity index (χ1v) is 5.65. The van der Waals surface area contributed by atoms with Gasteiger partial charge < -0.3 is 4.42 Å². The Balaban J connectivity index is 2.30. The Morgan fingerprint density at radius 1 is 1.39 bits per heavy atom. The molecule has 0 aliphatic heterocycles. The summed E-state index contributed by atoms with van der Waals surface area (Å²) in [5.41, 5.74) is 0.112. The van der Waals surface area contributed by atoms with Crippen molar-refractivity contribution >= 4 is 11.1 Å². The lowest BCUT2D eigenvalue weighted by Gasteiger charge is -2.15. The molecule has 0 aliphatic carbocycles. The van der Waals surface area contributed by atoms with Crippen LogP contribution in [0, 0.1) is 10.1 Å². The fraction of sp³-hybridized carbons (Fsp3) is 0.417. The standard InChI is InChI=1S/C12H14N2O4/c1-12(2,14(16)17)7-8-13-9-5-3-4-6-10(9)18-11(13)15/h3-6H,7-8H2,1-2H3. The summed E-state index contributed by atoms with van der Waals surface area (Å²) < 4.78 is 6.49. The first kappa shape index (κ1) is 12.3. The van der Waals surface area contributed by atoms with Gasteiger partial charge in [0, 0.05) is 31.7 Å². The molecular formula is C12H14N2O4. The lowest BCUT2D eigenvalue weighted by molar-refractivity contribution is -0.561. The van der Waals surface area contributed by atoms with E-state index in [0.29, 0.717) is 11.1 Å². The van der Waals surface area contributed by atoms with E-state index in [1.807, 2.05) is 0 Å². The van der Waals surface area contributed by atoms with Gasteiger partial charge >= 0.3 is 5.76 Å². The van der Waals surface area contributed by atoms with Crippen LogP contribution < -0.4 is 5.76 Å². The van der Waals surface area contributed by atoms with Gasteiger partial charge in [-0.15, -0.1) is 0 Å². The van der Waals surface area contributed by atoms with Crippen molar-refractivity contribution in [3.05, 3.63) is 44.9 Å². The van der Waals surface area contributed by atoms with Crippen molar-refractivity contribution in [2.45, 2.75) is 32.4 Å². The van der Waals surface area contributed by atoms with Crippen molar-refractivity contribution in [2.24, 2.45) is 0 Å². The molecule has 2 rings (SSSR count). The number of rotatable bonds is 4. The zero-order chi connectivity index (χ0) is 13.3. The summed E-state index contributed by atoms with van der Waals surface area (Å²) >= 11 is 0. The number of hydrogen-bond donors (Lipinski definition) is 0. The lowest BCUT2D eigenvalue weighted by atomic mass is 10.0. The number of aryl methyl sites for hydroxylation is 1. The van der Waals surface area contributed by atoms with Gasteiger partial charge in [0.2, 0.25) is 5.54 Å². The van der Waals surface area contributed by atoms with Crippen molar-refractivity contribution < 1.29 is 9.34 Å². The molecule has 0 amide bonds. The molecule has 0 saturated carbocycles. The van der Waals surface area contributed by atoms with Gasteiger partial charge in [0.1, 0.15) is 0 Å². The summed E-state index contributed by atoms with van der Waals surface area (Å²) in [6.07, 6.45) is 0.267. The van der Waals surface area contributed by atoms with E-state index in [1.54, 1.807) is 38.1 Å². The number of nitro groups is 1. The van der Waals surface area contributed by atoms with Crippen molar-refractivity contribution in [3.63, 3.8) is 0 Å². The first-order valence-electron chi connectivity index (χ1n) is 5.65. The number of nitrogens with zero attached hydrogens (tertiary/aromatic N) is 2. The molecule has 0 atom stereocenters. The number of fused-ring (bicyclic) bond motifs is 1. The zero-order valence-electron chi connectivity index (χ0n) is 10.3. The van der Waals surface area contributed by atoms with Crippen LogP contribution in [0.15, 0.2) is 33.5 Å². The monoisotopic (exact) mass is 250 g/mol. The van der Waals surface area contributed by atoms with E-state index in [-0.39, 0.29) is 17.9 Å². The smallest absolute Gasteiger partial charge is 0.408 e. The van der Waals surface area contributed by atoms with Crippen LogP contribution in [0.2, 0.25) is 0 Å². The first-order chi connectivity index (χ1) is 8.42. The quantitative estimate of drug-likeness (QED) is 0.614. The molecule has 1 heterocycles. The van der Waals surface area contributed by atoms with E-state index in [2.05, 4.69) is 0 Å².